The van der Waals surface area contributed by atoms with Gasteiger partial charge in [0.1, 0.15) is 0 Å². The molecule has 3 rings (SSSR count). The molecule has 1 N–H and O–H groups in total. The molecule has 0 spiro atoms. The maximum atomic E-state index is 12.9. The second kappa shape index (κ2) is 6.55. The maximum Gasteiger partial charge on any atom is 0.254 e. The Hall–Kier alpha value is -0.770. The average Bonchev–Trinajstić information content (AvgIpc) is 2.94. The van der Waals surface area contributed by atoms with E-state index >= 15 is 0 Å². The Morgan fingerprint density at radius 1 is 1.24 bits per heavy atom. The van der Waals surface area contributed by atoms with Crippen molar-refractivity contribution >= 4 is 29.1 Å². The third-order valence-corrected chi connectivity index (χ3v) is 5.32. The molecule has 1 amide bonds. The number of nitrogens with one attached hydrogen (secondary N) is 1. The van der Waals surface area contributed by atoms with Crippen LogP contribution in [-0.2, 0) is 0 Å². The minimum Gasteiger partial charge on any atom is -0.334 e. The predicted octanol–water partition coefficient (Wildman–Crippen LogP) is 3.60. The van der Waals surface area contributed by atoms with Crippen molar-refractivity contribution < 1.29 is 4.79 Å². The van der Waals surface area contributed by atoms with Crippen LogP contribution >= 0.6 is 23.2 Å². The van der Waals surface area contributed by atoms with Crippen molar-refractivity contribution in [3.8, 4) is 0 Å². The summed E-state index contributed by atoms with van der Waals surface area (Å²) in [5.74, 6) is 0.742. The van der Waals surface area contributed by atoms with Gasteiger partial charge in [-0.1, -0.05) is 29.6 Å². The van der Waals surface area contributed by atoms with E-state index in [4.69, 9.17) is 23.2 Å². The Bertz CT molecular complexity index is 525. The summed E-state index contributed by atoms with van der Waals surface area (Å²) in [6, 6.07) is 5.45. The molecular weight excluding hydrogens is 307 g/mol. The lowest BCUT2D eigenvalue weighted by atomic mass is 9.84. The molecule has 3 nitrogen and oxygen atoms in total. The van der Waals surface area contributed by atoms with Crippen molar-refractivity contribution in [3.05, 3.63) is 33.8 Å². The highest BCUT2D eigenvalue weighted by Crippen LogP contribution is 2.30. The van der Waals surface area contributed by atoms with Crippen LogP contribution < -0.4 is 5.32 Å². The summed E-state index contributed by atoms with van der Waals surface area (Å²) in [5, 5.41) is 4.28. The molecule has 1 heterocycles. The van der Waals surface area contributed by atoms with Gasteiger partial charge in [-0.25, -0.2) is 0 Å². The van der Waals surface area contributed by atoms with Gasteiger partial charge in [-0.3, -0.25) is 4.79 Å². The zero-order chi connectivity index (χ0) is 14.8. The van der Waals surface area contributed by atoms with E-state index in [-0.39, 0.29) is 5.91 Å². The fourth-order valence-electron chi connectivity index (χ4n) is 3.05. The van der Waals surface area contributed by atoms with Crippen molar-refractivity contribution in [1.29, 1.82) is 0 Å². The van der Waals surface area contributed by atoms with Crippen molar-refractivity contribution in [3.63, 3.8) is 0 Å². The standard InChI is InChI=1S/C16H20Cl2N2O/c17-14-5-4-12(8-15(14)18)16(21)20(10-11-2-1-3-11)13-6-7-19-9-13/h4-5,8,11,13,19H,1-3,6-7,9-10H2. The first-order valence-electron chi connectivity index (χ1n) is 7.62. The summed E-state index contributed by atoms with van der Waals surface area (Å²) in [6.07, 6.45) is 4.80. The molecule has 0 aromatic heterocycles. The summed E-state index contributed by atoms with van der Waals surface area (Å²) >= 11 is 12.0. The zero-order valence-corrected chi connectivity index (χ0v) is 13.5. The van der Waals surface area contributed by atoms with E-state index in [0.29, 0.717) is 27.6 Å². The van der Waals surface area contributed by atoms with E-state index in [1.807, 2.05) is 4.90 Å². The first kappa shape index (κ1) is 15.1. The van der Waals surface area contributed by atoms with Crippen LogP contribution in [0.4, 0.5) is 0 Å². The van der Waals surface area contributed by atoms with Gasteiger partial charge in [-0.2, -0.15) is 0 Å². The van der Waals surface area contributed by atoms with Crippen molar-refractivity contribution in [2.75, 3.05) is 19.6 Å². The molecule has 1 saturated carbocycles. The molecule has 1 saturated heterocycles. The van der Waals surface area contributed by atoms with Gasteiger partial charge in [0.25, 0.3) is 5.91 Å². The van der Waals surface area contributed by atoms with E-state index in [2.05, 4.69) is 5.32 Å². The molecule has 21 heavy (non-hydrogen) atoms. The lowest BCUT2D eigenvalue weighted by Gasteiger charge is -2.36. The molecule has 0 radical (unpaired) electrons. The van der Waals surface area contributed by atoms with E-state index in [1.165, 1.54) is 19.3 Å². The first-order chi connectivity index (χ1) is 10.1. The van der Waals surface area contributed by atoms with Crippen molar-refractivity contribution in [1.82, 2.24) is 10.2 Å². The zero-order valence-electron chi connectivity index (χ0n) is 11.9. The van der Waals surface area contributed by atoms with Crippen LogP contribution in [0, 0.1) is 5.92 Å². The molecule has 114 valence electrons. The Labute approximate surface area is 135 Å². The van der Waals surface area contributed by atoms with Crippen LogP contribution in [0.3, 0.4) is 0 Å². The summed E-state index contributed by atoms with van der Waals surface area (Å²) < 4.78 is 0. The number of nitrogens with zero attached hydrogens (tertiary/aromatic N) is 1. The lowest BCUT2D eigenvalue weighted by molar-refractivity contribution is 0.0616. The van der Waals surface area contributed by atoms with Crippen LogP contribution in [0.15, 0.2) is 18.2 Å². The summed E-state index contributed by atoms with van der Waals surface area (Å²) in [6.45, 7) is 2.74. The summed E-state index contributed by atoms with van der Waals surface area (Å²) in [7, 11) is 0. The Balaban J connectivity index is 1.79. The van der Waals surface area contributed by atoms with E-state index in [1.54, 1.807) is 18.2 Å². The quantitative estimate of drug-likeness (QED) is 0.916. The predicted molar refractivity (Wildman–Crippen MR) is 86.1 cm³/mol. The molecule has 5 heteroatoms. The van der Waals surface area contributed by atoms with Gasteiger partial charge in [0.05, 0.1) is 10.0 Å². The molecular formula is C16H20Cl2N2O. The van der Waals surface area contributed by atoms with Gasteiger partial charge in [-0.05, 0) is 49.9 Å². The fourth-order valence-corrected chi connectivity index (χ4v) is 3.35. The number of halogens is 2. The monoisotopic (exact) mass is 326 g/mol. The number of carbonyl (C=O) groups is 1. The third kappa shape index (κ3) is 3.36. The third-order valence-electron chi connectivity index (χ3n) is 4.58. The van der Waals surface area contributed by atoms with Gasteiger partial charge >= 0.3 is 0 Å². The molecule has 2 aliphatic rings. The SMILES string of the molecule is O=C(c1ccc(Cl)c(Cl)c1)N(CC1CCC1)C1CCNC1. The molecule has 1 aromatic rings. The molecule has 0 bridgehead atoms. The van der Waals surface area contributed by atoms with Crippen LogP contribution in [0.2, 0.25) is 10.0 Å². The highest BCUT2D eigenvalue weighted by atomic mass is 35.5. The van der Waals surface area contributed by atoms with Crippen LogP contribution in [0.25, 0.3) is 0 Å². The van der Waals surface area contributed by atoms with Crippen LogP contribution in [0.1, 0.15) is 36.0 Å². The molecule has 2 fully saturated rings. The lowest BCUT2D eigenvalue weighted by Crippen LogP contribution is -2.45. The minimum absolute atomic E-state index is 0.0779. The molecule has 1 aromatic carbocycles. The number of benzene rings is 1. The molecule has 1 aliphatic heterocycles. The highest BCUT2D eigenvalue weighted by Gasteiger charge is 2.31. The normalized spacial score (nSPS) is 22.1. The average molecular weight is 327 g/mol. The minimum atomic E-state index is 0.0779. The van der Waals surface area contributed by atoms with E-state index in [0.717, 1.165) is 26.1 Å². The van der Waals surface area contributed by atoms with Crippen LogP contribution in [0.5, 0.6) is 0 Å². The topological polar surface area (TPSA) is 32.3 Å². The molecule has 1 aliphatic carbocycles. The van der Waals surface area contributed by atoms with Gasteiger partial charge in [0.15, 0.2) is 0 Å². The van der Waals surface area contributed by atoms with Crippen molar-refractivity contribution in [2.45, 2.75) is 31.7 Å². The number of carbonyl (C=O) groups excluding carboxylic acids is 1. The smallest absolute Gasteiger partial charge is 0.254 e. The fraction of sp³-hybridized carbons (Fsp3) is 0.562. The van der Waals surface area contributed by atoms with Crippen LogP contribution in [-0.4, -0.2) is 36.5 Å². The summed E-state index contributed by atoms with van der Waals surface area (Å²) in [5.41, 5.74) is 0.635. The second-order valence-corrected chi connectivity index (χ2v) is 6.84. The van der Waals surface area contributed by atoms with Gasteiger partial charge < -0.3 is 10.2 Å². The number of amides is 1. The Morgan fingerprint density at radius 2 is 2.05 bits per heavy atom. The highest BCUT2D eigenvalue weighted by molar-refractivity contribution is 6.42. The number of hydrogen-bond acceptors (Lipinski definition) is 2. The summed E-state index contributed by atoms with van der Waals surface area (Å²) in [4.78, 5) is 14.9. The van der Waals surface area contributed by atoms with E-state index < -0.39 is 0 Å². The molecule has 1 unspecified atom stereocenters. The maximum absolute atomic E-state index is 12.9. The largest absolute Gasteiger partial charge is 0.334 e. The Morgan fingerprint density at radius 3 is 2.62 bits per heavy atom. The van der Waals surface area contributed by atoms with Gasteiger partial charge in [0.2, 0.25) is 0 Å². The first-order valence-corrected chi connectivity index (χ1v) is 8.37. The van der Waals surface area contributed by atoms with Gasteiger partial charge in [0, 0.05) is 24.7 Å². The van der Waals surface area contributed by atoms with Gasteiger partial charge in [-0.15, -0.1) is 0 Å². The second-order valence-electron chi connectivity index (χ2n) is 6.03. The van der Waals surface area contributed by atoms with E-state index in [9.17, 15) is 4.79 Å². The Kier molecular flexibility index (Phi) is 4.72. The number of rotatable bonds is 4. The molecule has 1 atom stereocenters. The van der Waals surface area contributed by atoms with Crippen molar-refractivity contribution in [2.24, 2.45) is 5.92 Å². The number of hydrogen-bond donors (Lipinski definition) is 1.